The Hall–Kier alpha value is -3.02. The van der Waals surface area contributed by atoms with Crippen LogP contribution in [-0.4, -0.2) is 11.7 Å². The van der Waals surface area contributed by atoms with E-state index in [4.69, 9.17) is 0 Å². The number of carbonyl (C=O) groups excluding carboxylic acids is 2. The number of nitrogens with zero attached hydrogens (tertiary/aromatic N) is 1. The van der Waals surface area contributed by atoms with Crippen LogP contribution in [0.15, 0.2) is 53.7 Å². The first-order valence-electron chi connectivity index (χ1n) is 9.54. The van der Waals surface area contributed by atoms with Gasteiger partial charge in [0.05, 0.1) is 17.4 Å². The highest BCUT2D eigenvalue weighted by Crippen LogP contribution is 2.48. The molecule has 2 aliphatic rings. The second kappa shape index (κ2) is 6.79. The van der Waals surface area contributed by atoms with E-state index in [0.29, 0.717) is 35.5 Å². The zero-order valence-electron chi connectivity index (χ0n) is 16.6. The van der Waals surface area contributed by atoms with E-state index in [2.05, 4.69) is 5.32 Å². The van der Waals surface area contributed by atoms with Gasteiger partial charge in [0, 0.05) is 30.7 Å². The zero-order valence-corrected chi connectivity index (χ0v) is 16.6. The van der Waals surface area contributed by atoms with Crippen molar-refractivity contribution >= 4 is 23.1 Å². The maximum atomic E-state index is 14.1. The summed E-state index contributed by atoms with van der Waals surface area (Å²) in [5, 5.41) is 3.34. The number of anilines is 2. The van der Waals surface area contributed by atoms with Crippen LogP contribution in [0, 0.1) is 17.0 Å². The van der Waals surface area contributed by atoms with Gasteiger partial charge in [-0.1, -0.05) is 26.0 Å². The molecule has 1 aliphatic heterocycles. The molecular formula is C23H22F2N2O2. The van der Waals surface area contributed by atoms with E-state index in [-0.39, 0.29) is 22.7 Å². The average Bonchev–Trinajstić information content (AvgIpc) is 2.73. The molecule has 2 aromatic carbocycles. The number of rotatable bonds is 1. The third kappa shape index (κ3) is 3.43. The second-order valence-corrected chi connectivity index (χ2v) is 8.47. The van der Waals surface area contributed by atoms with Crippen molar-refractivity contribution in [1.82, 2.24) is 0 Å². The van der Waals surface area contributed by atoms with E-state index in [1.165, 1.54) is 24.0 Å². The minimum Gasteiger partial charge on any atom is -0.357 e. The molecule has 0 fully saturated rings. The lowest BCUT2D eigenvalue weighted by Crippen LogP contribution is -2.38. The first kappa shape index (κ1) is 19.3. The van der Waals surface area contributed by atoms with Crippen molar-refractivity contribution in [2.24, 2.45) is 5.41 Å². The molecule has 0 unspecified atom stereocenters. The van der Waals surface area contributed by atoms with Gasteiger partial charge in [-0.3, -0.25) is 14.5 Å². The third-order valence-electron chi connectivity index (χ3n) is 5.44. The fourth-order valence-electron chi connectivity index (χ4n) is 4.38. The highest BCUT2D eigenvalue weighted by molar-refractivity contribution is 6.05. The van der Waals surface area contributed by atoms with E-state index >= 15 is 0 Å². The molecule has 4 nitrogen and oxygen atoms in total. The van der Waals surface area contributed by atoms with Crippen LogP contribution in [0.25, 0.3) is 0 Å². The lowest BCUT2D eigenvalue weighted by molar-refractivity contribution is -0.118. The Bertz CT molecular complexity index is 1040. The predicted molar refractivity (Wildman–Crippen MR) is 107 cm³/mol. The van der Waals surface area contributed by atoms with Crippen molar-refractivity contribution in [3.05, 3.63) is 70.9 Å². The maximum absolute atomic E-state index is 14.1. The number of nitrogens with one attached hydrogen (secondary N) is 1. The van der Waals surface area contributed by atoms with Gasteiger partial charge in [-0.15, -0.1) is 0 Å². The highest BCUT2D eigenvalue weighted by atomic mass is 19.1. The van der Waals surface area contributed by atoms with Crippen molar-refractivity contribution in [2.45, 2.75) is 39.7 Å². The SMILES string of the molecule is CC(=O)N1c2ccccc2NC2=C(C(=O)CC(C)(C)C2)[C@H]1c1cc(F)cc(F)c1. The molecule has 29 heavy (non-hydrogen) atoms. The quantitative estimate of drug-likeness (QED) is 0.727. The van der Waals surface area contributed by atoms with E-state index in [9.17, 15) is 18.4 Å². The normalized spacial score (nSPS) is 20.5. The summed E-state index contributed by atoms with van der Waals surface area (Å²) in [5.41, 5.74) is 2.30. The smallest absolute Gasteiger partial charge is 0.224 e. The molecule has 1 heterocycles. The van der Waals surface area contributed by atoms with Gasteiger partial charge in [-0.05, 0) is 41.7 Å². The van der Waals surface area contributed by atoms with E-state index < -0.39 is 17.7 Å². The van der Waals surface area contributed by atoms with Gasteiger partial charge < -0.3 is 5.32 Å². The number of Topliss-reactive ketones (excluding diaryl/α,β-unsaturated/α-hetero) is 1. The number of carbonyl (C=O) groups is 2. The van der Waals surface area contributed by atoms with Gasteiger partial charge >= 0.3 is 0 Å². The number of hydrogen-bond acceptors (Lipinski definition) is 3. The lowest BCUT2D eigenvalue weighted by atomic mass is 9.73. The number of fused-ring (bicyclic) bond motifs is 1. The van der Waals surface area contributed by atoms with Crippen molar-refractivity contribution in [1.29, 1.82) is 0 Å². The molecule has 0 saturated heterocycles. The van der Waals surface area contributed by atoms with Gasteiger partial charge in [0.1, 0.15) is 11.6 Å². The Morgan fingerprint density at radius 2 is 1.76 bits per heavy atom. The fraction of sp³-hybridized carbons (Fsp3) is 0.304. The van der Waals surface area contributed by atoms with Crippen molar-refractivity contribution in [3.63, 3.8) is 0 Å². The van der Waals surface area contributed by atoms with Crippen LogP contribution in [0.4, 0.5) is 20.2 Å². The molecule has 4 rings (SSSR count). The van der Waals surface area contributed by atoms with Crippen LogP contribution >= 0.6 is 0 Å². The van der Waals surface area contributed by atoms with Gasteiger partial charge in [0.15, 0.2) is 5.78 Å². The number of para-hydroxylation sites is 2. The number of halogens is 2. The molecule has 1 aliphatic carbocycles. The molecule has 0 radical (unpaired) electrons. The van der Waals surface area contributed by atoms with Crippen molar-refractivity contribution in [3.8, 4) is 0 Å². The Morgan fingerprint density at radius 1 is 1.10 bits per heavy atom. The minimum atomic E-state index is -0.910. The van der Waals surface area contributed by atoms with Crippen LogP contribution in [-0.2, 0) is 9.59 Å². The summed E-state index contributed by atoms with van der Waals surface area (Å²) in [5.74, 6) is -1.95. The summed E-state index contributed by atoms with van der Waals surface area (Å²) in [6.45, 7) is 5.40. The predicted octanol–water partition coefficient (Wildman–Crippen LogP) is 5.13. The molecule has 0 saturated carbocycles. The van der Waals surface area contributed by atoms with Crippen LogP contribution < -0.4 is 10.2 Å². The summed E-state index contributed by atoms with van der Waals surface area (Å²) >= 11 is 0. The van der Waals surface area contributed by atoms with Crippen LogP contribution in [0.2, 0.25) is 0 Å². The van der Waals surface area contributed by atoms with Gasteiger partial charge in [0.25, 0.3) is 0 Å². The molecule has 1 atom stereocenters. The number of amides is 1. The van der Waals surface area contributed by atoms with Crippen molar-refractivity contribution < 1.29 is 18.4 Å². The molecule has 0 spiro atoms. The Kier molecular flexibility index (Phi) is 4.52. The summed E-state index contributed by atoms with van der Waals surface area (Å²) in [4.78, 5) is 27.5. The van der Waals surface area contributed by atoms with Crippen LogP contribution in [0.1, 0.15) is 45.2 Å². The highest BCUT2D eigenvalue weighted by Gasteiger charge is 2.42. The van der Waals surface area contributed by atoms with Crippen molar-refractivity contribution in [2.75, 3.05) is 10.2 Å². The molecule has 6 heteroatoms. The van der Waals surface area contributed by atoms with Gasteiger partial charge in [-0.25, -0.2) is 8.78 Å². The number of benzene rings is 2. The summed E-state index contributed by atoms with van der Waals surface area (Å²) in [6.07, 6.45) is 0.881. The minimum absolute atomic E-state index is 0.127. The maximum Gasteiger partial charge on any atom is 0.224 e. The van der Waals surface area contributed by atoms with Crippen LogP contribution in [0.5, 0.6) is 0 Å². The van der Waals surface area contributed by atoms with Gasteiger partial charge in [-0.2, -0.15) is 0 Å². The Labute approximate surface area is 168 Å². The molecule has 1 amide bonds. The average molecular weight is 396 g/mol. The second-order valence-electron chi connectivity index (χ2n) is 8.47. The first-order chi connectivity index (χ1) is 13.7. The summed E-state index contributed by atoms with van der Waals surface area (Å²) in [7, 11) is 0. The van der Waals surface area contributed by atoms with Gasteiger partial charge in [0.2, 0.25) is 5.91 Å². The third-order valence-corrected chi connectivity index (χ3v) is 5.44. The number of allylic oxidation sites excluding steroid dienone is 1. The number of hydrogen-bond donors (Lipinski definition) is 1. The Balaban J connectivity index is 2.03. The first-order valence-corrected chi connectivity index (χ1v) is 9.54. The molecule has 0 bridgehead atoms. The molecular weight excluding hydrogens is 374 g/mol. The number of ketones is 1. The molecule has 150 valence electrons. The summed E-state index contributed by atoms with van der Waals surface area (Å²) < 4.78 is 28.2. The largest absolute Gasteiger partial charge is 0.357 e. The van der Waals surface area contributed by atoms with Crippen LogP contribution in [0.3, 0.4) is 0 Å². The molecule has 0 aromatic heterocycles. The topological polar surface area (TPSA) is 49.4 Å². The fourth-order valence-corrected chi connectivity index (χ4v) is 4.38. The molecule has 2 aromatic rings. The summed E-state index contributed by atoms with van der Waals surface area (Å²) in [6, 6.07) is 9.47. The standard InChI is InChI=1S/C23H22F2N2O2/c1-13(28)27-19-7-5-4-6-17(19)26-18-11-23(2,3)12-20(29)21(18)22(27)14-8-15(24)10-16(25)9-14/h4-10,22,26H,11-12H2,1-3H3/t22-/m1/s1. The Morgan fingerprint density at radius 3 is 2.41 bits per heavy atom. The monoisotopic (exact) mass is 396 g/mol. The van der Waals surface area contributed by atoms with E-state index in [1.54, 1.807) is 12.1 Å². The van der Waals surface area contributed by atoms with E-state index in [0.717, 1.165) is 6.07 Å². The molecule has 1 N–H and O–H groups in total. The zero-order chi connectivity index (χ0) is 20.9. The lowest BCUT2D eigenvalue weighted by Gasteiger charge is -2.36. The van der Waals surface area contributed by atoms with E-state index in [1.807, 2.05) is 26.0 Å².